The van der Waals surface area contributed by atoms with Gasteiger partial charge < -0.3 is 25.3 Å². The lowest BCUT2D eigenvalue weighted by atomic mass is 10.1. The molecule has 0 unspecified atom stereocenters. The number of anilines is 1. The summed E-state index contributed by atoms with van der Waals surface area (Å²) >= 11 is 0. The molecule has 1 fully saturated rings. The molecule has 0 aliphatic carbocycles. The number of amides is 3. The number of para-hydroxylation sites is 1. The summed E-state index contributed by atoms with van der Waals surface area (Å²) in [5, 5.41) is 9.88. The van der Waals surface area contributed by atoms with Crippen LogP contribution >= 0.6 is 0 Å². The van der Waals surface area contributed by atoms with Gasteiger partial charge in [0.25, 0.3) is 5.91 Å². The maximum Gasteiger partial charge on any atom is 0.319 e. The van der Waals surface area contributed by atoms with Gasteiger partial charge in [-0.1, -0.05) is 30.3 Å². The van der Waals surface area contributed by atoms with E-state index in [1.807, 2.05) is 62.4 Å². The van der Waals surface area contributed by atoms with Gasteiger partial charge in [0.05, 0.1) is 5.52 Å². The molecule has 0 radical (unpaired) electrons. The summed E-state index contributed by atoms with van der Waals surface area (Å²) in [5.41, 5.74) is 5.81. The van der Waals surface area contributed by atoms with Crippen LogP contribution in [-0.4, -0.2) is 40.5 Å². The Bertz CT molecular complexity index is 1750. The second-order valence-electron chi connectivity index (χ2n) is 11.8. The van der Waals surface area contributed by atoms with Crippen molar-refractivity contribution in [3.63, 3.8) is 0 Å². The predicted molar refractivity (Wildman–Crippen MR) is 179 cm³/mol. The Kier molecular flexibility index (Phi) is 9.12. The van der Waals surface area contributed by atoms with Gasteiger partial charge in [-0.3, -0.25) is 9.69 Å². The number of aromatic nitrogens is 1. The highest BCUT2D eigenvalue weighted by atomic mass is 16.5. The van der Waals surface area contributed by atoms with E-state index in [0.29, 0.717) is 29.3 Å². The molecule has 4 aromatic carbocycles. The maximum absolute atomic E-state index is 13.0. The fourth-order valence-corrected chi connectivity index (χ4v) is 5.68. The van der Waals surface area contributed by atoms with Crippen molar-refractivity contribution in [2.24, 2.45) is 0 Å². The third-order valence-corrected chi connectivity index (χ3v) is 7.94. The maximum atomic E-state index is 13.0. The van der Waals surface area contributed by atoms with E-state index >= 15 is 0 Å². The summed E-state index contributed by atoms with van der Waals surface area (Å²) in [4.78, 5) is 27.4. The zero-order chi connectivity index (χ0) is 31.2. The number of carbonyl (C=O) groups excluding carboxylic acids is 2. The van der Waals surface area contributed by atoms with Crippen LogP contribution in [0.2, 0.25) is 0 Å². The first-order valence-corrected chi connectivity index (χ1v) is 15.6. The molecule has 1 aliphatic heterocycles. The molecule has 0 saturated carbocycles. The smallest absolute Gasteiger partial charge is 0.319 e. The van der Waals surface area contributed by atoms with Crippen molar-refractivity contribution in [3.05, 3.63) is 120 Å². The minimum atomic E-state index is -0.245. The fraction of sp³-hybridized carbons (Fsp3) is 0.243. The third kappa shape index (κ3) is 7.53. The van der Waals surface area contributed by atoms with Gasteiger partial charge in [0.2, 0.25) is 0 Å². The van der Waals surface area contributed by atoms with E-state index in [0.717, 1.165) is 30.9 Å². The Morgan fingerprint density at radius 2 is 1.49 bits per heavy atom. The molecular formula is C37H39N5O3. The molecule has 2 heterocycles. The van der Waals surface area contributed by atoms with Crippen LogP contribution in [-0.2, 0) is 13.1 Å². The molecule has 1 aromatic heterocycles. The Balaban J connectivity index is 1.03. The van der Waals surface area contributed by atoms with E-state index in [4.69, 9.17) is 4.74 Å². The van der Waals surface area contributed by atoms with E-state index in [2.05, 4.69) is 55.9 Å². The van der Waals surface area contributed by atoms with Crippen LogP contribution in [0.5, 0.6) is 11.5 Å². The first-order chi connectivity index (χ1) is 21.9. The average Bonchev–Trinajstić information content (AvgIpc) is 3.70. The van der Waals surface area contributed by atoms with Crippen LogP contribution in [0, 0.1) is 0 Å². The predicted octanol–water partition coefficient (Wildman–Crippen LogP) is 7.48. The molecule has 0 bridgehead atoms. The Hall–Kier alpha value is -5.08. The number of rotatable bonds is 10. The first kappa shape index (κ1) is 30.0. The molecule has 1 saturated heterocycles. The number of ether oxygens (including phenoxy) is 1. The largest absolute Gasteiger partial charge is 0.457 e. The zero-order valence-corrected chi connectivity index (χ0v) is 25.8. The second-order valence-corrected chi connectivity index (χ2v) is 11.8. The van der Waals surface area contributed by atoms with Crippen LogP contribution in [0.3, 0.4) is 0 Å². The molecule has 0 atom stereocenters. The molecular weight excluding hydrogens is 562 g/mol. The van der Waals surface area contributed by atoms with Crippen molar-refractivity contribution >= 4 is 28.5 Å². The number of hydrogen-bond acceptors (Lipinski definition) is 4. The molecule has 0 spiro atoms. The topological polar surface area (TPSA) is 87.6 Å². The standard InChI is InChI=1S/C37H39N5O3/c1-26(2)39-37(44)40-30-13-19-33(20-14-30)45-32-17-9-27(10-18-32)23-38-36(43)28-11-15-31(16-12-28)42-25-29(24-41-21-5-6-22-41)34-7-3-4-8-35(34)42/h3-4,7-20,25-26H,5-6,21-24H2,1-2H3,(H,38,43)(H2,39,40,44). The number of fused-ring (bicyclic) bond motifs is 1. The quantitative estimate of drug-likeness (QED) is 0.155. The molecule has 230 valence electrons. The molecule has 5 aromatic rings. The summed E-state index contributed by atoms with van der Waals surface area (Å²) < 4.78 is 8.17. The van der Waals surface area contributed by atoms with Gasteiger partial charge in [0.15, 0.2) is 0 Å². The Labute approximate surface area is 264 Å². The van der Waals surface area contributed by atoms with Gasteiger partial charge in [-0.2, -0.15) is 0 Å². The molecule has 3 N–H and O–H groups in total. The molecule has 45 heavy (non-hydrogen) atoms. The number of benzene rings is 4. The Morgan fingerprint density at radius 3 is 2.18 bits per heavy atom. The molecule has 3 amide bonds. The van der Waals surface area contributed by atoms with Crippen LogP contribution in [0.1, 0.15) is 48.2 Å². The van der Waals surface area contributed by atoms with Gasteiger partial charge in [-0.05, 0) is 118 Å². The summed E-state index contributed by atoms with van der Waals surface area (Å²) in [6, 6.07) is 30.9. The lowest BCUT2D eigenvalue weighted by Crippen LogP contribution is -2.34. The van der Waals surface area contributed by atoms with E-state index in [9.17, 15) is 9.59 Å². The number of urea groups is 1. The van der Waals surface area contributed by atoms with Gasteiger partial charge in [0, 0.05) is 47.7 Å². The summed E-state index contributed by atoms with van der Waals surface area (Å²) in [7, 11) is 0. The highest BCUT2D eigenvalue weighted by Crippen LogP contribution is 2.27. The monoisotopic (exact) mass is 601 g/mol. The van der Waals surface area contributed by atoms with Gasteiger partial charge in [0.1, 0.15) is 11.5 Å². The Morgan fingerprint density at radius 1 is 0.822 bits per heavy atom. The molecule has 8 heteroatoms. The van der Waals surface area contributed by atoms with Gasteiger partial charge in [-0.25, -0.2) is 4.79 Å². The number of nitrogens with one attached hydrogen (secondary N) is 3. The zero-order valence-electron chi connectivity index (χ0n) is 25.8. The van der Waals surface area contributed by atoms with Crippen LogP contribution < -0.4 is 20.7 Å². The lowest BCUT2D eigenvalue weighted by molar-refractivity contribution is 0.0951. The van der Waals surface area contributed by atoms with E-state index in [1.165, 1.54) is 29.3 Å². The second kappa shape index (κ2) is 13.7. The van der Waals surface area contributed by atoms with Crippen LogP contribution in [0.15, 0.2) is 103 Å². The summed E-state index contributed by atoms with van der Waals surface area (Å²) in [6.45, 7) is 7.51. The number of carbonyl (C=O) groups is 2. The lowest BCUT2D eigenvalue weighted by Gasteiger charge is -2.13. The van der Waals surface area contributed by atoms with E-state index in [1.54, 1.807) is 24.3 Å². The summed E-state index contributed by atoms with van der Waals surface area (Å²) in [5.74, 6) is 1.22. The third-order valence-electron chi connectivity index (χ3n) is 7.94. The van der Waals surface area contributed by atoms with Crippen molar-refractivity contribution in [2.45, 2.75) is 45.8 Å². The minimum Gasteiger partial charge on any atom is -0.457 e. The SMILES string of the molecule is CC(C)NC(=O)Nc1ccc(Oc2ccc(CNC(=O)c3ccc(-n4cc(CN5CCCC5)c5ccccc54)cc3)cc2)cc1. The van der Waals surface area contributed by atoms with Crippen molar-refractivity contribution in [3.8, 4) is 17.2 Å². The number of hydrogen-bond donors (Lipinski definition) is 3. The fourth-order valence-electron chi connectivity index (χ4n) is 5.68. The first-order valence-electron chi connectivity index (χ1n) is 15.6. The van der Waals surface area contributed by atoms with Crippen molar-refractivity contribution in [1.29, 1.82) is 0 Å². The van der Waals surface area contributed by atoms with Crippen molar-refractivity contribution < 1.29 is 14.3 Å². The van der Waals surface area contributed by atoms with Crippen LogP contribution in [0.4, 0.5) is 10.5 Å². The number of likely N-dealkylation sites (tertiary alicyclic amines) is 1. The normalized spacial score (nSPS) is 13.2. The van der Waals surface area contributed by atoms with Crippen LogP contribution in [0.25, 0.3) is 16.6 Å². The average molecular weight is 602 g/mol. The highest BCUT2D eigenvalue weighted by Gasteiger charge is 2.16. The summed E-state index contributed by atoms with van der Waals surface area (Å²) in [6.07, 6.45) is 4.79. The van der Waals surface area contributed by atoms with Crippen molar-refractivity contribution in [2.75, 3.05) is 18.4 Å². The molecule has 1 aliphatic rings. The minimum absolute atomic E-state index is 0.0606. The molecule has 6 rings (SSSR count). The number of nitrogens with zero attached hydrogens (tertiary/aromatic N) is 2. The van der Waals surface area contributed by atoms with E-state index in [-0.39, 0.29) is 18.0 Å². The van der Waals surface area contributed by atoms with E-state index < -0.39 is 0 Å². The van der Waals surface area contributed by atoms with Crippen molar-refractivity contribution in [1.82, 2.24) is 20.1 Å². The highest BCUT2D eigenvalue weighted by molar-refractivity contribution is 5.94. The van der Waals surface area contributed by atoms with Gasteiger partial charge in [-0.15, -0.1) is 0 Å². The molecule has 8 nitrogen and oxygen atoms in total. The van der Waals surface area contributed by atoms with Gasteiger partial charge >= 0.3 is 6.03 Å².